The highest BCUT2D eigenvalue weighted by Crippen LogP contribution is 2.39. The maximum atomic E-state index is 13.2. The summed E-state index contributed by atoms with van der Waals surface area (Å²) in [5, 5.41) is 14.4. The Morgan fingerprint density at radius 2 is 1.68 bits per heavy atom. The number of benzene rings is 1. The Hall–Kier alpha value is -2.57. The van der Waals surface area contributed by atoms with Crippen LogP contribution in [0.4, 0.5) is 4.39 Å². The molecule has 5 nitrogen and oxygen atoms in total. The fraction of sp³-hybridized carbons (Fsp3) is 0.263. The highest BCUT2D eigenvalue weighted by Gasteiger charge is 2.38. The number of hydrogen-bond acceptors (Lipinski definition) is 5. The predicted molar refractivity (Wildman–Crippen MR) is 91.1 cm³/mol. The number of hydrogen-bond donors (Lipinski definition) is 2. The van der Waals surface area contributed by atoms with Crippen molar-refractivity contribution >= 4 is 0 Å². The van der Waals surface area contributed by atoms with Crippen molar-refractivity contribution in [2.24, 2.45) is 0 Å². The summed E-state index contributed by atoms with van der Waals surface area (Å²) in [6, 6.07) is 9.64. The van der Waals surface area contributed by atoms with E-state index in [2.05, 4.69) is 15.3 Å². The van der Waals surface area contributed by atoms with Gasteiger partial charge in [0.2, 0.25) is 5.89 Å². The van der Waals surface area contributed by atoms with Gasteiger partial charge < -0.3 is 14.8 Å². The van der Waals surface area contributed by atoms with Crippen molar-refractivity contribution in [3.63, 3.8) is 0 Å². The number of aromatic nitrogens is 2. The Morgan fingerprint density at radius 3 is 2.36 bits per heavy atom. The Balaban J connectivity index is 1.84. The maximum Gasteiger partial charge on any atom is 0.227 e. The molecule has 0 aliphatic carbocycles. The Bertz CT molecular complexity index is 856. The van der Waals surface area contributed by atoms with Crippen molar-refractivity contribution in [3.8, 4) is 22.7 Å². The lowest BCUT2D eigenvalue weighted by atomic mass is 9.88. The van der Waals surface area contributed by atoms with Gasteiger partial charge in [0.05, 0.1) is 0 Å². The van der Waals surface area contributed by atoms with Gasteiger partial charge >= 0.3 is 0 Å². The summed E-state index contributed by atoms with van der Waals surface area (Å²) in [6.07, 6.45) is 4.45. The number of aliphatic hydroxyl groups is 1. The molecule has 1 saturated heterocycles. The van der Waals surface area contributed by atoms with Crippen LogP contribution in [0.3, 0.4) is 0 Å². The number of pyridine rings is 1. The van der Waals surface area contributed by atoms with Crippen LogP contribution in [0, 0.1) is 5.82 Å². The van der Waals surface area contributed by atoms with Crippen LogP contribution in [0.25, 0.3) is 22.7 Å². The second-order valence-corrected chi connectivity index (χ2v) is 6.22. The molecular formula is C19H18FN3O2. The maximum absolute atomic E-state index is 13.2. The topological polar surface area (TPSA) is 71.2 Å². The quantitative estimate of drug-likeness (QED) is 0.767. The van der Waals surface area contributed by atoms with Crippen LogP contribution in [0.1, 0.15) is 18.6 Å². The number of nitrogens with zero attached hydrogens (tertiary/aromatic N) is 2. The fourth-order valence-electron chi connectivity index (χ4n) is 3.12. The molecule has 4 rings (SSSR count). The lowest BCUT2D eigenvalue weighted by molar-refractivity contribution is -0.0125. The zero-order chi connectivity index (χ0) is 17.3. The van der Waals surface area contributed by atoms with Gasteiger partial charge in [0, 0.05) is 23.5 Å². The average Bonchev–Trinajstić information content (AvgIpc) is 3.10. The molecule has 0 radical (unpaired) electrons. The van der Waals surface area contributed by atoms with Crippen LogP contribution in [-0.2, 0) is 5.60 Å². The van der Waals surface area contributed by atoms with Gasteiger partial charge in [-0.25, -0.2) is 9.37 Å². The molecule has 25 heavy (non-hydrogen) atoms. The molecule has 0 unspecified atom stereocenters. The lowest BCUT2D eigenvalue weighted by Gasteiger charge is -2.31. The molecule has 0 bridgehead atoms. The summed E-state index contributed by atoms with van der Waals surface area (Å²) in [4.78, 5) is 8.64. The Morgan fingerprint density at radius 1 is 1.00 bits per heavy atom. The molecule has 2 N–H and O–H groups in total. The van der Waals surface area contributed by atoms with Gasteiger partial charge in [-0.15, -0.1) is 0 Å². The first-order valence-electron chi connectivity index (χ1n) is 8.26. The third kappa shape index (κ3) is 3.06. The monoisotopic (exact) mass is 339 g/mol. The van der Waals surface area contributed by atoms with Gasteiger partial charge in [-0.1, -0.05) is 0 Å². The summed E-state index contributed by atoms with van der Waals surface area (Å²) in [5.74, 6) is 0.509. The minimum absolute atomic E-state index is 0.318. The van der Waals surface area contributed by atoms with Gasteiger partial charge in [0.15, 0.2) is 5.76 Å². The van der Waals surface area contributed by atoms with Gasteiger partial charge in [-0.05, 0) is 62.3 Å². The standard InChI is InChI=1S/C19H18FN3O2/c20-15-3-1-14(2-4-15)18-23-16(13-5-9-21-10-6-13)17(25-18)19(24)7-11-22-12-8-19/h1-6,9-10,22,24H,7-8,11-12H2. The van der Waals surface area contributed by atoms with E-state index >= 15 is 0 Å². The van der Waals surface area contributed by atoms with E-state index in [4.69, 9.17) is 4.42 Å². The van der Waals surface area contributed by atoms with E-state index in [0.29, 0.717) is 48.8 Å². The van der Waals surface area contributed by atoms with Crippen LogP contribution in [0.5, 0.6) is 0 Å². The molecule has 1 aliphatic heterocycles. The van der Waals surface area contributed by atoms with Gasteiger partial charge in [-0.2, -0.15) is 0 Å². The van der Waals surface area contributed by atoms with E-state index in [1.54, 1.807) is 24.5 Å². The van der Waals surface area contributed by atoms with Gasteiger partial charge in [0.25, 0.3) is 0 Å². The normalized spacial score (nSPS) is 16.7. The fourth-order valence-corrected chi connectivity index (χ4v) is 3.12. The van der Waals surface area contributed by atoms with E-state index < -0.39 is 5.60 Å². The SMILES string of the molecule is OC1(c2oc(-c3ccc(F)cc3)nc2-c2ccncc2)CCNCC1. The summed E-state index contributed by atoms with van der Waals surface area (Å²) < 4.78 is 19.2. The molecular weight excluding hydrogens is 321 g/mol. The molecule has 128 valence electrons. The predicted octanol–water partition coefficient (Wildman–Crippen LogP) is 3.11. The molecule has 0 atom stereocenters. The Kier molecular flexibility index (Phi) is 4.07. The van der Waals surface area contributed by atoms with Gasteiger partial charge in [-0.3, -0.25) is 4.98 Å². The zero-order valence-electron chi connectivity index (χ0n) is 13.6. The molecule has 1 aliphatic rings. The molecule has 2 aromatic heterocycles. The van der Waals surface area contributed by atoms with Gasteiger partial charge in [0.1, 0.15) is 17.1 Å². The summed E-state index contributed by atoms with van der Waals surface area (Å²) in [7, 11) is 0. The third-order valence-corrected chi connectivity index (χ3v) is 4.53. The van der Waals surface area contributed by atoms with E-state index in [0.717, 1.165) is 5.56 Å². The van der Waals surface area contributed by atoms with E-state index in [-0.39, 0.29) is 5.82 Å². The summed E-state index contributed by atoms with van der Waals surface area (Å²) in [6.45, 7) is 1.41. The lowest BCUT2D eigenvalue weighted by Crippen LogP contribution is -2.39. The second-order valence-electron chi connectivity index (χ2n) is 6.22. The van der Waals surface area contributed by atoms with Crippen LogP contribution < -0.4 is 5.32 Å². The van der Waals surface area contributed by atoms with E-state index in [1.807, 2.05) is 12.1 Å². The van der Waals surface area contributed by atoms with Crippen molar-refractivity contribution in [1.82, 2.24) is 15.3 Å². The molecule has 3 heterocycles. The third-order valence-electron chi connectivity index (χ3n) is 4.53. The van der Waals surface area contributed by atoms with Crippen LogP contribution in [-0.4, -0.2) is 28.2 Å². The van der Waals surface area contributed by atoms with E-state index in [9.17, 15) is 9.50 Å². The zero-order valence-corrected chi connectivity index (χ0v) is 13.6. The molecule has 3 aromatic rings. The van der Waals surface area contributed by atoms with Crippen LogP contribution in [0.15, 0.2) is 53.2 Å². The van der Waals surface area contributed by atoms with Crippen LogP contribution in [0.2, 0.25) is 0 Å². The number of oxazole rings is 1. The molecule has 0 amide bonds. The van der Waals surface area contributed by atoms with Crippen LogP contribution >= 0.6 is 0 Å². The first kappa shape index (κ1) is 15.9. The molecule has 1 fully saturated rings. The Labute approximate surface area is 144 Å². The number of piperidine rings is 1. The number of halogens is 1. The van der Waals surface area contributed by atoms with Crippen molar-refractivity contribution in [1.29, 1.82) is 0 Å². The number of nitrogens with one attached hydrogen (secondary N) is 1. The second kappa shape index (κ2) is 6.38. The van der Waals surface area contributed by atoms with Crippen molar-refractivity contribution in [2.75, 3.05) is 13.1 Å². The first-order valence-corrected chi connectivity index (χ1v) is 8.26. The highest BCUT2D eigenvalue weighted by atomic mass is 19.1. The highest BCUT2D eigenvalue weighted by molar-refractivity contribution is 5.66. The summed E-state index contributed by atoms with van der Waals surface area (Å²) >= 11 is 0. The average molecular weight is 339 g/mol. The molecule has 0 saturated carbocycles. The van der Waals surface area contributed by atoms with E-state index in [1.165, 1.54) is 12.1 Å². The summed E-state index contributed by atoms with van der Waals surface area (Å²) in [5.41, 5.74) is 1.02. The minimum Gasteiger partial charge on any atom is -0.437 e. The van der Waals surface area contributed by atoms with Crippen molar-refractivity contribution in [2.45, 2.75) is 18.4 Å². The van der Waals surface area contributed by atoms with Crippen molar-refractivity contribution in [3.05, 3.63) is 60.4 Å². The number of rotatable bonds is 3. The van der Waals surface area contributed by atoms with Crippen molar-refractivity contribution < 1.29 is 13.9 Å². The molecule has 1 aromatic carbocycles. The molecule has 0 spiro atoms. The molecule has 6 heteroatoms. The minimum atomic E-state index is -1.07. The smallest absolute Gasteiger partial charge is 0.227 e. The first-order chi connectivity index (χ1) is 12.2. The largest absolute Gasteiger partial charge is 0.437 e.